The Hall–Kier alpha value is -0.410. The average Bonchev–Trinajstić information content (AvgIpc) is 2.99. The number of nitrogens with zero attached hydrogens (tertiary/aromatic N) is 1. The van der Waals surface area contributed by atoms with Crippen LogP contribution in [0.25, 0.3) is 0 Å². The van der Waals surface area contributed by atoms with Gasteiger partial charge < -0.3 is 5.32 Å². The summed E-state index contributed by atoms with van der Waals surface area (Å²) in [4.78, 5) is 5.89. The van der Waals surface area contributed by atoms with Crippen LogP contribution in [0.3, 0.4) is 0 Å². The van der Waals surface area contributed by atoms with Gasteiger partial charge >= 0.3 is 0 Å². The average molecular weight is 252 g/mol. The zero-order valence-corrected chi connectivity index (χ0v) is 11.9. The Labute approximate surface area is 109 Å². The molecule has 0 bridgehead atoms. The Kier molecular flexibility index (Phi) is 4.99. The molecule has 2 rings (SSSR count). The first kappa shape index (κ1) is 13.0. The number of hydrogen-bond acceptors (Lipinski definition) is 3. The molecule has 2 nitrogen and oxygen atoms in total. The van der Waals surface area contributed by atoms with Crippen LogP contribution in [-0.4, -0.2) is 11.5 Å². The zero-order chi connectivity index (χ0) is 12.1. The van der Waals surface area contributed by atoms with E-state index in [1.807, 2.05) is 17.5 Å². The molecule has 1 N–H and O–H groups in total. The minimum atomic E-state index is 0.418. The highest BCUT2D eigenvalue weighted by Gasteiger charge is 2.15. The van der Waals surface area contributed by atoms with E-state index in [0.717, 1.165) is 18.9 Å². The summed E-state index contributed by atoms with van der Waals surface area (Å²) in [5.41, 5.74) is 0. The Balaban J connectivity index is 1.70. The normalized spacial score (nSPS) is 18.7. The molecule has 1 aliphatic rings. The van der Waals surface area contributed by atoms with Crippen molar-refractivity contribution in [2.75, 3.05) is 6.54 Å². The van der Waals surface area contributed by atoms with Crippen molar-refractivity contribution in [3.05, 3.63) is 16.1 Å². The summed E-state index contributed by atoms with van der Waals surface area (Å²) in [5.74, 6) is 0.984. The Morgan fingerprint density at radius 2 is 2.24 bits per heavy atom. The van der Waals surface area contributed by atoms with Crippen LogP contribution in [0, 0.1) is 5.92 Å². The van der Waals surface area contributed by atoms with Crippen LogP contribution in [0.4, 0.5) is 0 Å². The quantitative estimate of drug-likeness (QED) is 0.829. The van der Waals surface area contributed by atoms with E-state index in [0.29, 0.717) is 6.04 Å². The Morgan fingerprint density at radius 3 is 2.88 bits per heavy atom. The van der Waals surface area contributed by atoms with E-state index in [1.54, 1.807) is 0 Å². The summed E-state index contributed by atoms with van der Waals surface area (Å²) in [6.45, 7) is 5.56. The van der Waals surface area contributed by atoms with Gasteiger partial charge in [-0.3, -0.25) is 0 Å². The van der Waals surface area contributed by atoms with Crippen LogP contribution in [0.1, 0.15) is 61.9 Å². The van der Waals surface area contributed by atoms with Crippen molar-refractivity contribution in [1.82, 2.24) is 10.3 Å². The molecule has 0 spiro atoms. The third-order valence-electron chi connectivity index (χ3n) is 3.77. The van der Waals surface area contributed by atoms with E-state index in [-0.39, 0.29) is 0 Å². The first-order valence-electron chi connectivity index (χ1n) is 6.97. The van der Waals surface area contributed by atoms with Gasteiger partial charge in [-0.15, -0.1) is 11.3 Å². The molecule has 96 valence electrons. The predicted molar refractivity (Wildman–Crippen MR) is 74.5 cm³/mol. The second kappa shape index (κ2) is 6.50. The summed E-state index contributed by atoms with van der Waals surface area (Å²) in [7, 11) is 0. The number of rotatable bonds is 6. The molecular weight excluding hydrogens is 228 g/mol. The predicted octanol–water partition coefficient (Wildman–Crippen LogP) is 3.94. The van der Waals surface area contributed by atoms with Gasteiger partial charge in [0.15, 0.2) is 0 Å². The van der Waals surface area contributed by atoms with Crippen LogP contribution in [0.2, 0.25) is 0 Å². The van der Waals surface area contributed by atoms with E-state index >= 15 is 0 Å². The third kappa shape index (κ3) is 3.78. The molecule has 1 unspecified atom stereocenters. The standard InChI is InChI=1S/C14H24N2S/c1-3-13-10-16-14(17-13)11(2)15-9-8-12-6-4-5-7-12/h10-12,15H,3-9H2,1-2H3. The van der Waals surface area contributed by atoms with Crippen LogP contribution >= 0.6 is 11.3 Å². The molecule has 1 saturated carbocycles. The van der Waals surface area contributed by atoms with Gasteiger partial charge in [-0.1, -0.05) is 32.6 Å². The maximum Gasteiger partial charge on any atom is 0.109 e. The number of thiazole rings is 1. The second-order valence-corrected chi connectivity index (χ2v) is 6.28. The number of nitrogens with one attached hydrogen (secondary N) is 1. The lowest BCUT2D eigenvalue weighted by atomic mass is 10.0. The van der Waals surface area contributed by atoms with Gasteiger partial charge in [-0.05, 0) is 32.2 Å². The van der Waals surface area contributed by atoms with Crippen LogP contribution in [0.15, 0.2) is 6.20 Å². The molecule has 1 heterocycles. The first-order chi connectivity index (χ1) is 8.29. The fraction of sp³-hybridized carbons (Fsp3) is 0.786. The molecule has 1 aromatic rings. The summed E-state index contributed by atoms with van der Waals surface area (Å²) < 4.78 is 0. The largest absolute Gasteiger partial charge is 0.308 e. The summed E-state index contributed by atoms with van der Waals surface area (Å²) in [6.07, 6.45) is 10.3. The van der Waals surface area contributed by atoms with Crippen molar-refractivity contribution in [2.24, 2.45) is 5.92 Å². The lowest BCUT2D eigenvalue weighted by Gasteiger charge is -2.13. The highest BCUT2D eigenvalue weighted by Crippen LogP contribution is 2.27. The Morgan fingerprint density at radius 1 is 1.47 bits per heavy atom. The monoisotopic (exact) mass is 252 g/mol. The smallest absolute Gasteiger partial charge is 0.109 e. The SMILES string of the molecule is CCc1cnc(C(C)NCCC2CCCC2)s1. The summed E-state index contributed by atoms with van der Waals surface area (Å²) in [6, 6.07) is 0.418. The van der Waals surface area contributed by atoms with Gasteiger partial charge in [-0.25, -0.2) is 4.98 Å². The molecule has 1 atom stereocenters. The van der Waals surface area contributed by atoms with Crippen molar-refractivity contribution >= 4 is 11.3 Å². The van der Waals surface area contributed by atoms with Crippen LogP contribution in [0.5, 0.6) is 0 Å². The van der Waals surface area contributed by atoms with Gasteiger partial charge in [-0.2, -0.15) is 0 Å². The van der Waals surface area contributed by atoms with E-state index < -0.39 is 0 Å². The zero-order valence-electron chi connectivity index (χ0n) is 11.0. The van der Waals surface area contributed by atoms with Crippen molar-refractivity contribution < 1.29 is 0 Å². The highest BCUT2D eigenvalue weighted by molar-refractivity contribution is 7.11. The molecular formula is C14H24N2S. The molecule has 1 aromatic heterocycles. The van der Waals surface area contributed by atoms with Gasteiger partial charge in [0.2, 0.25) is 0 Å². The number of hydrogen-bond donors (Lipinski definition) is 1. The van der Waals surface area contributed by atoms with E-state index in [1.165, 1.54) is 42.0 Å². The number of aromatic nitrogens is 1. The van der Waals surface area contributed by atoms with Gasteiger partial charge in [0.25, 0.3) is 0 Å². The van der Waals surface area contributed by atoms with E-state index in [9.17, 15) is 0 Å². The maximum atomic E-state index is 4.49. The van der Waals surface area contributed by atoms with Gasteiger partial charge in [0.05, 0.1) is 6.04 Å². The van der Waals surface area contributed by atoms with Crippen molar-refractivity contribution in [2.45, 2.75) is 58.4 Å². The van der Waals surface area contributed by atoms with Crippen molar-refractivity contribution in [3.63, 3.8) is 0 Å². The van der Waals surface area contributed by atoms with Crippen LogP contribution < -0.4 is 5.32 Å². The summed E-state index contributed by atoms with van der Waals surface area (Å²) in [5, 5.41) is 4.85. The molecule has 0 aliphatic heterocycles. The first-order valence-corrected chi connectivity index (χ1v) is 7.79. The van der Waals surface area contributed by atoms with Gasteiger partial charge in [0.1, 0.15) is 5.01 Å². The minimum Gasteiger partial charge on any atom is -0.308 e. The molecule has 1 aliphatic carbocycles. The third-order valence-corrected chi connectivity index (χ3v) is 5.09. The topological polar surface area (TPSA) is 24.9 Å². The molecule has 3 heteroatoms. The lowest BCUT2D eigenvalue weighted by molar-refractivity contribution is 0.454. The van der Waals surface area contributed by atoms with Crippen LogP contribution in [-0.2, 0) is 6.42 Å². The molecule has 0 saturated heterocycles. The molecule has 0 radical (unpaired) electrons. The van der Waals surface area contributed by atoms with Crippen molar-refractivity contribution in [3.8, 4) is 0 Å². The van der Waals surface area contributed by atoms with Crippen molar-refractivity contribution in [1.29, 1.82) is 0 Å². The van der Waals surface area contributed by atoms with Gasteiger partial charge in [0, 0.05) is 11.1 Å². The maximum absolute atomic E-state index is 4.49. The molecule has 0 aromatic carbocycles. The van der Waals surface area contributed by atoms with E-state index in [2.05, 4.69) is 24.1 Å². The lowest BCUT2D eigenvalue weighted by Crippen LogP contribution is -2.21. The Bertz CT molecular complexity index is 329. The summed E-state index contributed by atoms with van der Waals surface area (Å²) >= 11 is 1.85. The fourth-order valence-corrected chi connectivity index (χ4v) is 3.46. The van der Waals surface area contributed by atoms with E-state index in [4.69, 9.17) is 0 Å². The molecule has 17 heavy (non-hydrogen) atoms. The number of aryl methyl sites for hydroxylation is 1. The highest BCUT2D eigenvalue weighted by atomic mass is 32.1. The molecule has 0 amide bonds. The molecule has 1 fully saturated rings. The second-order valence-electron chi connectivity index (χ2n) is 5.13. The minimum absolute atomic E-state index is 0.418. The fourth-order valence-electron chi connectivity index (χ4n) is 2.58.